The molecule has 1 aromatic rings. The third-order valence-electron chi connectivity index (χ3n) is 3.17. The van der Waals surface area contributed by atoms with Crippen molar-refractivity contribution in [1.29, 1.82) is 0 Å². The second kappa shape index (κ2) is 5.99. The van der Waals surface area contributed by atoms with E-state index in [-0.39, 0.29) is 5.41 Å². The fourth-order valence-electron chi connectivity index (χ4n) is 1.84. The summed E-state index contributed by atoms with van der Waals surface area (Å²) in [6, 6.07) is 5.76. The second-order valence-corrected chi connectivity index (χ2v) is 6.27. The summed E-state index contributed by atoms with van der Waals surface area (Å²) in [7, 11) is -2.87. The van der Waals surface area contributed by atoms with Gasteiger partial charge in [-0.2, -0.15) is 0 Å². The van der Waals surface area contributed by atoms with Crippen LogP contribution in [0, 0.1) is 0 Å². The van der Waals surface area contributed by atoms with Crippen molar-refractivity contribution < 1.29 is 13.6 Å². The van der Waals surface area contributed by atoms with Crippen LogP contribution in [0.25, 0.3) is 0 Å². The van der Waals surface area contributed by atoms with Crippen molar-refractivity contribution in [2.45, 2.75) is 52.4 Å². The van der Waals surface area contributed by atoms with Crippen molar-refractivity contribution >= 4 is 8.69 Å². The van der Waals surface area contributed by atoms with Crippen molar-refractivity contribution in [2.24, 2.45) is 0 Å². The third kappa shape index (κ3) is 3.93. The highest BCUT2D eigenvalue weighted by Gasteiger charge is 2.22. The first-order valence-electron chi connectivity index (χ1n) is 6.23. The van der Waals surface area contributed by atoms with Gasteiger partial charge in [0.25, 0.3) is 0 Å². The Bertz CT molecular complexity index is 399. The van der Waals surface area contributed by atoms with Crippen LogP contribution in [0.1, 0.15) is 58.1 Å². The van der Waals surface area contributed by atoms with Crippen molar-refractivity contribution in [2.75, 3.05) is 0 Å². The van der Waals surface area contributed by atoms with E-state index < -0.39 is 8.69 Å². The van der Waals surface area contributed by atoms with Crippen LogP contribution in [0.5, 0.6) is 5.75 Å². The molecular formula is C14H22FO2P. The molecule has 0 aliphatic rings. The van der Waals surface area contributed by atoms with E-state index in [9.17, 15) is 4.20 Å². The first kappa shape index (κ1) is 15.4. The SMILES string of the molecule is CCC(C)c1ccc(OP(O)F)c(C(C)(C)C)c1. The minimum Gasteiger partial charge on any atom is -0.424 e. The quantitative estimate of drug-likeness (QED) is 0.776. The predicted octanol–water partition coefficient (Wildman–Crippen LogP) is 5.07. The van der Waals surface area contributed by atoms with E-state index in [4.69, 9.17) is 9.42 Å². The van der Waals surface area contributed by atoms with E-state index in [0.29, 0.717) is 11.7 Å². The van der Waals surface area contributed by atoms with Crippen molar-refractivity contribution in [3.05, 3.63) is 29.3 Å². The highest BCUT2D eigenvalue weighted by atomic mass is 31.2. The second-order valence-electron chi connectivity index (χ2n) is 5.63. The van der Waals surface area contributed by atoms with Crippen LogP contribution in [0.4, 0.5) is 4.20 Å². The standard InChI is InChI=1S/C14H22FO2P/c1-6-10(2)11-7-8-13(17-18(15)16)12(9-11)14(3,4)5/h7-10,16H,6H2,1-5H3. The first-order chi connectivity index (χ1) is 8.25. The fourth-order valence-corrected chi connectivity index (χ4v) is 2.16. The number of hydrogen-bond donors (Lipinski definition) is 1. The van der Waals surface area contributed by atoms with E-state index in [1.165, 1.54) is 5.56 Å². The van der Waals surface area contributed by atoms with Crippen LogP contribution in [0.15, 0.2) is 18.2 Å². The van der Waals surface area contributed by atoms with Gasteiger partial charge in [0.05, 0.1) is 0 Å². The minimum atomic E-state index is -2.87. The van der Waals surface area contributed by atoms with E-state index >= 15 is 0 Å². The monoisotopic (exact) mass is 272 g/mol. The van der Waals surface area contributed by atoms with E-state index in [1.807, 2.05) is 26.8 Å². The molecule has 0 spiro atoms. The normalized spacial score (nSPS) is 15.3. The molecule has 2 atom stereocenters. The van der Waals surface area contributed by atoms with Crippen molar-refractivity contribution in [1.82, 2.24) is 0 Å². The number of benzene rings is 1. The van der Waals surface area contributed by atoms with Crippen molar-refractivity contribution in [3.63, 3.8) is 0 Å². The summed E-state index contributed by atoms with van der Waals surface area (Å²) < 4.78 is 17.6. The Morgan fingerprint density at radius 1 is 1.39 bits per heavy atom. The van der Waals surface area contributed by atoms with Gasteiger partial charge < -0.3 is 9.42 Å². The number of hydrogen-bond acceptors (Lipinski definition) is 2. The van der Waals surface area contributed by atoms with Gasteiger partial charge in [0.1, 0.15) is 5.75 Å². The molecule has 102 valence electrons. The molecule has 18 heavy (non-hydrogen) atoms. The van der Waals surface area contributed by atoms with Gasteiger partial charge in [-0.25, -0.2) is 0 Å². The predicted molar refractivity (Wildman–Crippen MR) is 74.7 cm³/mol. The molecule has 1 rings (SSSR count). The van der Waals surface area contributed by atoms with Gasteiger partial charge in [-0.05, 0) is 29.4 Å². The largest absolute Gasteiger partial charge is 0.436 e. The molecule has 0 heterocycles. The summed E-state index contributed by atoms with van der Waals surface area (Å²) in [4.78, 5) is 8.80. The lowest BCUT2D eigenvalue weighted by Gasteiger charge is -2.24. The molecule has 0 bridgehead atoms. The maximum Gasteiger partial charge on any atom is 0.436 e. The highest BCUT2D eigenvalue weighted by molar-refractivity contribution is 7.40. The maximum absolute atomic E-state index is 12.7. The average molecular weight is 272 g/mol. The van der Waals surface area contributed by atoms with Gasteiger partial charge in [0.2, 0.25) is 0 Å². The van der Waals surface area contributed by atoms with Gasteiger partial charge in [-0.3, -0.25) is 0 Å². The number of halogens is 1. The summed E-state index contributed by atoms with van der Waals surface area (Å²) in [5.74, 6) is 0.895. The summed E-state index contributed by atoms with van der Waals surface area (Å²) in [5, 5.41) is 0. The number of rotatable bonds is 4. The van der Waals surface area contributed by atoms with E-state index in [1.54, 1.807) is 6.07 Å². The van der Waals surface area contributed by atoms with Crippen LogP contribution in [-0.4, -0.2) is 4.89 Å². The molecule has 0 aromatic heterocycles. The molecular weight excluding hydrogens is 250 g/mol. The van der Waals surface area contributed by atoms with E-state index in [2.05, 4.69) is 19.9 Å². The molecule has 0 radical (unpaired) electrons. The molecule has 1 N–H and O–H groups in total. The van der Waals surface area contributed by atoms with Crippen LogP contribution in [0.3, 0.4) is 0 Å². The first-order valence-corrected chi connectivity index (χ1v) is 7.33. The molecule has 0 saturated carbocycles. The van der Waals surface area contributed by atoms with Crippen molar-refractivity contribution in [3.8, 4) is 5.75 Å². The summed E-state index contributed by atoms with van der Waals surface area (Å²) >= 11 is 0. The molecule has 2 unspecified atom stereocenters. The maximum atomic E-state index is 12.7. The molecule has 2 nitrogen and oxygen atoms in total. The van der Waals surface area contributed by atoms with Crippen LogP contribution in [-0.2, 0) is 5.41 Å². The zero-order chi connectivity index (χ0) is 13.9. The average Bonchev–Trinajstić information content (AvgIpc) is 2.26. The topological polar surface area (TPSA) is 29.5 Å². The lowest BCUT2D eigenvalue weighted by Crippen LogP contribution is -2.13. The Hall–Kier alpha value is -0.660. The molecule has 0 saturated heterocycles. The van der Waals surface area contributed by atoms with Crippen LogP contribution >= 0.6 is 8.69 Å². The smallest absolute Gasteiger partial charge is 0.424 e. The van der Waals surface area contributed by atoms with Gasteiger partial charge in [-0.15, -0.1) is 4.20 Å². The zero-order valence-corrected chi connectivity index (χ0v) is 12.6. The van der Waals surface area contributed by atoms with Crippen LogP contribution in [0.2, 0.25) is 0 Å². The van der Waals surface area contributed by atoms with Gasteiger partial charge in [-0.1, -0.05) is 46.8 Å². The third-order valence-corrected chi connectivity index (χ3v) is 3.51. The molecule has 0 aliphatic carbocycles. The van der Waals surface area contributed by atoms with E-state index in [0.717, 1.165) is 12.0 Å². The summed E-state index contributed by atoms with van der Waals surface area (Å²) in [6.45, 7) is 10.4. The Kier molecular flexibility index (Phi) is 5.12. The van der Waals surface area contributed by atoms with Gasteiger partial charge in [0.15, 0.2) is 0 Å². The minimum absolute atomic E-state index is 0.149. The molecule has 1 aromatic carbocycles. The Labute approximate surface area is 110 Å². The Balaban J connectivity index is 3.21. The Morgan fingerprint density at radius 3 is 2.44 bits per heavy atom. The zero-order valence-electron chi connectivity index (χ0n) is 11.7. The van der Waals surface area contributed by atoms with Gasteiger partial charge >= 0.3 is 8.69 Å². The van der Waals surface area contributed by atoms with Gasteiger partial charge in [0, 0.05) is 5.56 Å². The molecule has 0 fully saturated rings. The lowest BCUT2D eigenvalue weighted by atomic mass is 9.83. The summed E-state index contributed by atoms with van der Waals surface area (Å²) in [5.41, 5.74) is 2.00. The molecule has 4 heteroatoms. The fraction of sp³-hybridized carbons (Fsp3) is 0.571. The lowest BCUT2D eigenvalue weighted by molar-refractivity contribution is 0.423. The Morgan fingerprint density at radius 2 is 2.00 bits per heavy atom. The summed E-state index contributed by atoms with van der Waals surface area (Å²) in [6.07, 6.45) is 1.06. The van der Waals surface area contributed by atoms with Crippen LogP contribution < -0.4 is 4.52 Å². The molecule has 0 amide bonds. The highest BCUT2D eigenvalue weighted by Crippen LogP contribution is 2.41. The molecule has 0 aliphatic heterocycles.